The van der Waals surface area contributed by atoms with E-state index in [4.69, 9.17) is 5.73 Å². The maximum absolute atomic E-state index is 12.1. The van der Waals surface area contributed by atoms with Crippen LogP contribution in [0.4, 0.5) is 0 Å². The first-order valence-corrected chi connectivity index (χ1v) is 6.19. The quantitative estimate of drug-likeness (QED) is 0.882. The van der Waals surface area contributed by atoms with Crippen LogP contribution in [0.3, 0.4) is 0 Å². The van der Waals surface area contributed by atoms with Crippen molar-refractivity contribution in [2.75, 3.05) is 13.1 Å². The van der Waals surface area contributed by atoms with Gasteiger partial charge in [-0.25, -0.2) is 0 Å². The van der Waals surface area contributed by atoms with Crippen LogP contribution in [0, 0.1) is 0 Å². The fraction of sp³-hybridized carbons (Fsp3) is 0.545. The van der Waals surface area contributed by atoms with Crippen molar-refractivity contribution in [2.24, 2.45) is 5.73 Å². The van der Waals surface area contributed by atoms with E-state index >= 15 is 0 Å². The van der Waals surface area contributed by atoms with E-state index in [1.165, 1.54) is 0 Å². The lowest BCUT2D eigenvalue weighted by atomic mass is 10.0. The average molecular weight is 261 g/mol. The maximum Gasteiger partial charge on any atom is 0.229 e. The Balaban J connectivity index is 0.00000128. The van der Waals surface area contributed by atoms with Crippen LogP contribution in [0.5, 0.6) is 0 Å². The number of carbonyl (C=O) groups excluding carboxylic acids is 1. The highest BCUT2D eigenvalue weighted by atomic mass is 35.5. The van der Waals surface area contributed by atoms with Crippen molar-refractivity contribution in [3.63, 3.8) is 0 Å². The lowest BCUT2D eigenvalue weighted by Gasteiger charge is -2.20. The number of hydrogen-bond acceptors (Lipinski definition) is 3. The van der Waals surface area contributed by atoms with E-state index in [9.17, 15) is 4.79 Å². The largest absolute Gasteiger partial charge is 0.341 e. The van der Waals surface area contributed by atoms with Crippen LogP contribution in [-0.2, 0) is 4.79 Å². The summed E-state index contributed by atoms with van der Waals surface area (Å²) >= 11 is 1.63. The molecule has 1 aromatic heterocycles. The number of amides is 1. The highest BCUT2D eigenvalue weighted by molar-refractivity contribution is 7.08. The lowest BCUT2D eigenvalue weighted by Crippen LogP contribution is -2.34. The third-order valence-electron chi connectivity index (χ3n) is 2.95. The molecule has 90 valence electrons. The predicted octanol–water partition coefficient (Wildman–Crippen LogP) is 1.83. The van der Waals surface area contributed by atoms with Crippen molar-refractivity contribution in [3.05, 3.63) is 22.4 Å². The zero-order chi connectivity index (χ0) is 10.8. The Hall–Kier alpha value is -0.580. The lowest BCUT2D eigenvalue weighted by molar-refractivity contribution is -0.131. The molecular weight excluding hydrogens is 244 g/mol. The van der Waals surface area contributed by atoms with Gasteiger partial charge in [0.1, 0.15) is 0 Å². The van der Waals surface area contributed by atoms with Crippen molar-refractivity contribution >= 4 is 29.7 Å². The van der Waals surface area contributed by atoms with Crippen LogP contribution in [0.2, 0.25) is 0 Å². The van der Waals surface area contributed by atoms with Crippen LogP contribution in [0.15, 0.2) is 16.8 Å². The van der Waals surface area contributed by atoms with Gasteiger partial charge in [-0.1, -0.05) is 0 Å². The topological polar surface area (TPSA) is 46.3 Å². The van der Waals surface area contributed by atoms with Gasteiger partial charge >= 0.3 is 0 Å². The zero-order valence-corrected chi connectivity index (χ0v) is 10.9. The fourth-order valence-corrected chi connectivity index (χ4v) is 2.68. The van der Waals surface area contributed by atoms with Gasteiger partial charge in [0, 0.05) is 19.1 Å². The molecule has 0 saturated carbocycles. The molecule has 2 N–H and O–H groups in total. The highest BCUT2D eigenvalue weighted by Gasteiger charge is 2.27. The Bertz CT molecular complexity index is 342. The summed E-state index contributed by atoms with van der Waals surface area (Å²) in [6, 6.07) is 2.19. The maximum atomic E-state index is 12.1. The number of rotatable bonds is 2. The molecule has 3 nitrogen and oxygen atoms in total. The molecule has 5 heteroatoms. The normalized spacial score (nSPS) is 21.6. The average Bonchev–Trinajstić information content (AvgIpc) is 2.85. The molecule has 1 aliphatic heterocycles. The summed E-state index contributed by atoms with van der Waals surface area (Å²) in [5, 5.41) is 4.05. The number of thiophene rings is 1. The van der Waals surface area contributed by atoms with E-state index < -0.39 is 0 Å². The number of likely N-dealkylation sites (tertiary alicyclic amines) is 1. The first-order valence-electron chi connectivity index (χ1n) is 5.25. The van der Waals surface area contributed by atoms with Crippen molar-refractivity contribution in [1.82, 2.24) is 4.90 Å². The molecule has 1 fully saturated rings. The molecule has 0 radical (unpaired) electrons. The molecular formula is C11H17ClN2OS. The molecule has 1 unspecified atom stereocenters. The minimum Gasteiger partial charge on any atom is -0.341 e. The van der Waals surface area contributed by atoms with E-state index in [0.717, 1.165) is 18.5 Å². The summed E-state index contributed by atoms with van der Waals surface area (Å²) in [6.07, 6.45) is 0.933. The number of nitrogens with zero attached hydrogens (tertiary/aromatic N) is 1. The third-order valence-corrected chi connectivity index (χ3v) is 3.65. The monoisotopic (exact) mass is 260 g/mol. The van der Waals surface area contributed by atoms with Crippen LogP contribution >= 0.6 is 23.7 Å². The van der Waals surface area contributed by atoms with Crippen LogP contribution in [-0.4, -0.2) is 29.9 Å². The Morgan fingerprint density at radius 3 is 2.94 bits per heavy atom. The molecule has 0 aliphatic carbocycles. The molecule has 2 rings (SSSR count). The number of hydrogen-bond donors (Lipinski definition) is 1. The molecule has 1 aliphatic rings. The Morgan fingerprint density at radius 2 is 2.44 bits per heavy atom. The minimum absolute atomic E-state index is 0. The number of halogens is 1. The molecule has 1 aromatic rings. The molecule has 1 amide bonds. The van der Waals surface area contributed by atoms with Gasteiger partial charge in [-0.15, -0.1) is 12.4 Å². The number of nitrogens with two attached hydrogens (primary N) is 1. The Labute approximate surface area is 106 Å². The van der Waals surface area contributed by atoms with E-state index in [0.29, 0.717) is 6.54 Å². The predicted molar refractivity (Wildman–Crippen MR) is 69.2 cm³/mol. The van der Waals surface area contributed by atoms with Crippen LogP contribution in [0.25, 0.3) is 0 Å². The standard InChI is InChI=1S/C11H16N2OS.ClH/c1-8(9-3-5-15-7-9)11(14)13-4-2-10(12)6-13;/h3,5,7-8,10H,2,4,6,12H2,1H3;1H/t8?,10-;/m0./s1. The van der Waals surface area contributed by atoms with Crippen molar-refractivity contribution in [3.8, 4) is 0 Å². The third kappa shape index (κ3) is 2.75. The van der Waals surface area contributed by atoms with E-state index in [1.807, 2.05) is 28.7 Å². The molecule has 16 heavy (non-hydrogen) atoms. The Morgan fingerprint density at radius 1 is 1.69 bits per heavy atom. The molecule has 2 heterocycles. The molecule has 2 atom stereocenters. The SMILES string of the molecule is CC(C(=O)N1CC[C@H](N)C1)c1ccsc1.Cl. The molecule has 0 bridgehead atoms. The first-order chi connectivity index (χ1) is 7.18. The van der Waals surface area contributed by atoms with Gasteiger partial charge in [0.25, 0.3) is 0 Å². The molecule has 1 saturated heterocycles. The summed E-state index contributed by atoms with van der Waals surface area (Å²) in [7, 11) is 0. The van der Waals surface area contributed by atoms with E-state index in [-0.39, 0.29) is 30.3 Å². The first kappa shape index (κ1) is 13.5. The minimum atomic E-state index is -0.0263. The second-order valence-corrected chi connectivity index (χ2v) is 4.89. The van der Waals surface area contributed by atoms with Crippen LogP contribution in [0.1, 0.15) is 24.8 Å². The van der Waals surface area contributed by atoms with Gasteiger partial charge in [0.05, 0.1) is 5.92 Å². The van der Waals surface area contributed by atoms with Crippen LogP contribution < -0.4 is 5.73 Å². The molecule has 0 aromatic carbocycles. The second-order valence-electron chi connectivity index (χ2n) is 4.11. The summed E-state index contributed by atoms with van der Waals surface area (Å²) in [5.41, 5.74) is 6.91. The fourth-order valence-electron chi connectivity index (χ4n) is 1.93. The summed E-state index contributed by atoms with van der Waals surface area (Å²) in [5.74, 6) is 0.183. The highest BCUT2D eigenvalue weighted by Crippen LogP contribution is 2.22. The molecule has 0 spiro atoms. The summed E-state index contributed by atoms with van der Waals surface area (Å²) in [6.45, 7) is 3.50. The number of carbonyl (C=O) groups is 1. The van der Waals surface area contributed by atoms with Crippen molar-refractivity contribution < 1.29 is 4.79 Å². The van der Waals surface area contributed by atoms with Gasteiger partial charge in [0.2, 0.25) is 5.91 Å². The van der Waals surface area contributed by atoms with Crippen molar-refractivity contribution in [2.45, 2.75) is 25.3 Å². The van der Waals surface area contributed by atoms with Gasteiger partial charge in [0.15, 0.2) is 0 Å². The van der Waals surface area contributed by atoms with E-state index in [1.54, 1.807) is 11.3 Å². The van der Waals surface area contributed by atoms with Crippen molar-refractivity contribution in [1.29, 1.82) is 0 Å². The summed E-state index contributed by atoms with van der Waals surface area (Å²) in [4.78, 5) is 13.9. The Kier molecular flexibility index (Phi) is 4.77. The van der Waals surface area contributed by atoms with Gasteiger partial charge < -0.3 is 10.6 Å². The van der Waals surface area contributed by atoms with Gasteiger partial charge in [-0.05, 0) is 35.7 Å². The summed E-state index contributed by atoms with van der Waals surface area (Å²) < 4.78 is 0. The van der Waals surface area contributed by atoms with E-state index in [2.05, 4.69) is 0 Å². The van der Waals surface area contributed by atoms with Gasteiger partial charge in [-0.3, -0.25) is 4.79 Å². The smallest absolute Gasteiger partial charge is 0.229 e. The van der Waals surface area contributed by atoms with Gasteiger partial charge in [-0.2, -0.15) is 11.3 Å². The zero-order valence-electron chi connectivity index (χ0n) is 9.26. The second kappa shape index (κ2) is 5.66.